The summed E-state index contributed by atoms with van der Waals surface area (Å²) in [7, 11) is 7.85. The lowest BCUT2D eigenvalue weighted by atomic mass is 9.94. The van der Waals surface area contributed by atoms with Gasteiger partial charge in [-0.1, -0.05) is 114 Å². The van der Waals surface area contributed by atoms with E-state index in [4.69, 9.17) is 17.7 Å². The molecule has 12 nitrogen and oxygen atoms in total. The summed E-state index contributed by atoms with van der Waals surface area (Å²) in [5, 5.41) is 7.12. The Morgan fingerprint density at radius 3 is 0.860 bits per heavy atom. The first-order chi connectivity index (χ1) is 57.8. The predicted molar refractivity (Wildman–Crippen MR) is 462 cm³/mol. The number of aryl methyl sites for hydroxylation is 12. The van der Waals surface area contributed by atoms with Crippen LogP contribution in [0.4, 0.5) is 35.1 Å². The van der Waals surface area contributed by atoms with Gasteiger partial charge in [0.05, 0.1) is 65.3 Å². The van der Waals surface area contributed by atoms with E-state index in [-0.39, 0.29) is 22.9 Å². The third-order valence-electron chi connectivity index (χ3n) is 23.7. The molecule has 20 rings (SSSR count). The Morgan fingerprint density at radius 1 is 0.264 bits per heavy atom. The molecule has 0 unspecified atom stereocenters. The Hall–Kier alpha value is -13.4. The van der Waals surface area contributed by atoms with Crippen LogP contribution in [0.25, 0.3) is 176 Å². The molecule has 12 heterocycles. The van der Waals surface area contributed by atoms with Crippen LogP contribution in [0.5, 0.6) is 0 Å². The largest absolute Gasteiger partial charge is 0.437 e. The van der Waals surface area contributed by atoms with Gasteiger partial charge in [0.1, 0.15) is 51.5 Å². The van der Waals surface area contributed by atoms with Crippen LogP contribution in [0, 0.1) is 102 Å². The summed E-state index contributed by atoms with van der Waals surface area (Å²) in [5.41, 5.74) is 20.1. The maximum absolute atomic E-state index is 15.3. The maximum atomic E-state index is 15.3. The molecule has 0 bridgehead atoms. The first-order valence-electron chi connectivity index (χ1n) is 40.1. The fourth-order valence-corrected chi connectivity index (χ4v) is 17.7. The van der Waals surface area contributed by atoms with Gasteiger partial charge in [-0.3, -0.25) is 0 Å². The second-order valence-corrected chi connectivity index (χ2v) is 32.8. The second-order valence-electron chi connectivity index (χ2n) is 32.8. The topological polar surface area (TPSA) is 120 Å². The number of pyridine rings is 8. The van der Waals surface area contributed by atoms with Gasteiger partial charge < -0.3 is 17.7 Å². The van der Waals surface area contributed by atoms with Crippen molar-refractivity contribution in [1.82, 2.24) is 19.9 Å². The van der Waals surface area contributed by atoms with Gasteiger partial charge in [-0.05, 0) is 188 Å². The molecule has 20 heteroatoms. The molecular weight excluding hydrogens is 1540 g/mol. The van der Waals surface area contributed by atoms with Crippen molar-refractivity contribution in [3.8, 4) is 45.0 Å². The molecule has 0 spiro atoms. The molecule has 0 saturated heterocycles. The number of hydrogen-bond acceptors (Lipinski definition) is 8. The van der Waals surface area contributed by atoms with Crippen LogP contribution in [0.1, 0.15) is 120 Å². The van der Waals surface area contributed by atoms with Gasteiger partial charge in [0, 0.05) is 68.6 Å². The summed E-state index contributed by atoms with van der Waals surface area (Å²) >= 11 is 0. The summed E-state index contributed by atoms with van der Waals surface area (Å²) in [4.78, 5) is 16.0. The summed E-state index contributed by atoms with van der Waals surface area (Å²) in [6.07, 6.45) is 8.22. The lowest BCUT2D eigenvalue weighted by Gasteiger charge is -2.12. The minimum atomic E-state index is -0.623. The monoisotopic (exact) mass is 1630 g/mol. The van der Waals surface area contributed by atoms with Crippen LogP contribution in [0.15, 0.2) is 194 Å². The van der Waals surface area contributed by atoms with Crippen molar-refractivity contribution in [2.45, 2.75) is 115 Å². The van der Waals surface area contributed by atoms with Crippen LogP contribution in [-0.4, -0.2) is 19.9 Å². The molecule has 0 saturated carbocycles. The number of halogens is 8. The van der Waals surface area contributed by atoms with Crippen LogP contribution >= 0.6 is 0 Å². The van der Waals surface area contributed by atoms with Crippen LogP contribution in [-0.2, 0) is 28.2 Å². The number of fused-ring (bicyclic) bond motifs is 20. The van der Waals surface area contributed by atoms with Crippen molar-refractivity contribution >= 4 is 131 Å². The third-order valence-corrected chi connectivity index (χ3v) is 23.7. The van der Waals surface area contributed by atoms with Crippen molar-refractivity contribution in [3.63, 3.8) is 0 Å². The molecule has 0 N–H and O–H groups in total. The van der Waals surface area contributed by atoms with Crippen molar-refractivity contribution in [1.29, 1.82) is 0 Å². The highest BCUT2D eigenvalue weighted by atomic mass is 19.2. The number of hydrogen-bond donors (Lipinski definition) is 0. The number of rotatable bonds is 7. The second kappa shape index (κ2) is 30.5. The van der Waals surface area contributed by atoms with E-state index < -0.39 is 47.1 Å². The van der Waals surface area contributed by atoms with Crippen LogP contribution in [0.3, 0.4) is 0 Å². The summed E-state index contributed by atoms with van der Waals surface area (Å²) in [6, 6.07) is 44.4. The van der Waals surface area contributed by atoms with Gasteiger partial charge in [0.25, 0.3) is 0 Å². The summed E-state index contributed by atoms with van der Waals surface area (Å²) in [5.74, 6) is -3.00. The lowest BCUT2D eigenvalue weighted by molar-refractivity contribution is -0.661. The molecular formula is C101H86F8N8O4+4. The van der Waals surface area contributed by atoms with Crippen LogP contribution in [0.2, 0.25) is 0 Å². The third kappa shape index (κ3) is 13.4. The molecule has 0 atom stereocenters. The lowest BCUT2D eigenvalue weighted by Crippen LogP contribution is -2.32. The zero-order valence-electron chi connectivity index (χ0n) is 70.2. The molecule has 20 aromatic rings. The molecule has 8 aromatic carbocycles. The molecule has 12 aromatic heterocycles. The van der Waals surface area contributed by atoms with E-state index >= 15 is 17.6 Å². The fourth-order valence-electron chi connectivity index (χ4n) is 17.7. The van der Waals surface area contributed by atoms with Gasteiger partial charge in [-0.15, -0.1) is 0 Å². The standard InChI is InChI=1S/2C26H23F2N2O.C25H21F2N2O.C24H19F2N2O/c1-13(2)18-12-30(5)20(11-14(18)3)21-15(4)10-19(27)23-22-16-8-6-7-9-17(16)25(28)29-26(22)31-24(21)23;1-13(2)18-11-20(30(5)12-15(18)4)21-14(3)10-19(27)23-22-16-8-6-7-9-17(16)25(28)29-26(22)31-24(21)23;1-13(2)15-9-10-29(4)19(12-15)20-14(3)11-18(26)22-21-16-7-5-6-8-17(16)24(27)28-25(21)30-23(20)22;1-12-10-18(28(4)11-14(12)3)19-13(2)9-17(25)21-20-15-7-5-6-8-16(15)23(26)27-24(20)29-22(19)21/h2*6-13H,1-5H3;5-13H,1-4H3;5-11H,1-4H3/q4*+1. The highest BCUT2D eigenvalue weighted by Gasteiger charge is 2.33. The van der Waals surface area contributed by atoms with E-state index in [9.17, 15) is 17.6 Å². The fraction of sp³-hybridized carbons (Fsp3) is 0.208. The number of nitrogens with zero attached hydrogens (tertiary/aromatic N) is 8. The van der Waals surface area contributed by atoms with Gasteiger partial charge in [0.2, 0.25) is 69.4 Å². The number of furan rings is 4. The molecule has 0 aliphatic carbocycles. The van der Waals surface area contributed by atoms with E-state index in [1.807, 2.05) is 106 Å². The van der Waals surface area contributed by atoms with Crippen molar-refractivity contribution in [2.75, 3.05) is 0 Å². The molecule has 0 aliphatic rings. The highest BCUT2D eigenvalue weighted by Crippen LogP contribution is 2.48. The summed E-state index contributed by atoms with van der Waals surface area (Å²) in [6.45, 7) is 28.6. The van der Waals surface area contributed by atoms with Gasteiger partial charge >= 0.3 is 0 Å². The number of aromatic nitrogens is 8. The zero-order valence-corrected chi connectivity index (χ0v) is 70.2. The van der Waals surface area contributed by atoms with Crippen molar-refractivity contribution in [2.24, 2.45) is 28.2 Å². The molecule has 0 fully saturated rings. The van der Waals surface area contributed by atoms with Crippen molar-refractivity contribution < 1.29 is 71.1 Å². The van der Waals surface area contributed by atoms with E-state index in [1.165, 1.54) is 46.5 Å². The molecule has 606 valence electrons. The smallest absolute Gasteiger partial charge is 0.230 e. The zero-order chi connectivity index (χ0) is 85.6. The SMILES string of the molecule is Cc1c[n+](C)c(-c2c(C)cc(F)c3c2oc2nc(F)c4ccccc4c23)cc1C(C)C.Cc1cc(-c2c(C)cc(F)c3c2oc2nc(F)c4ccccc4c23)[n+](C)cc1C.Cc1cc(-c2c(C)cc(F)c3c2oc2nc(F)c4ccccc4c23)[n+](C)cc1C(C)C.Cc1cc(F)c2c(oc3nc(F)c4ccccc4c32)c1-c1cc(C(C)C)cc[n+]1C. The Kier molecular flexibility index (Phi) is 20.2. The van der Waals surface area contributed by atoms with Gasteiger partial charge in [0.15, 0.2) is 47.1 Å². The average Bonchev–Trinajstić information content (AvgIpc) is 1.60. The number of benzene rings is 8. The Balaban J connectivity index is 0.000000115. The van der Waals surface area contributed by atoms with E-state index in [0.29, 0.717) is 126 Å². The highest BCUT2D eigenvalue weighted by molar-refractivity contribution is 6.23. The van der Waals surface area contributed by atoms with Crippen LogP contribution < -0.4 is 18.3 Å². The van der Waals surface area contributed by atoms with E-state index in [0.717, 1.165) is 84.0 Å². The molecule has 0 aliphatic heterocycles. The summed E-state index contributed by atoms with van der Waals surface area (Å²) < 4.78 is 152. The predicted octanol–water partition coefficient (Wildman–Crippen LogP) is 25.5. The first kappa shape index (κ1) is 80.1. The molecule has 121 heavy (non-hydrogen) atoms. The normalized spacial score (nSPS) is 11.9. The Labute approximate surface area is 691 Å². The van der Waals surface area contributed by atoms with Gasteiger partial charge in [-0.2, -0.15) is 37.5 Å². The minimum Gasteiger partial charge on any atom is -0.437 e. The Morgan fingerprint density at radius 2 is 0.545 bits per heavy atom. The molecule has 0 radical (unpaired) electrons. The Bertz CT molecular complexity index is 7790. The minimum absolute atomic E-state index is 0.105. The van der Waals surface area contributed by atoms with E-state index in [1.54, 1.807) is 91.0 Å². The van der Waals surface area contributed by atoms with E-state index in [2.05, 4.69) is 118 Å². The molecule has 0 amide bonds. The van der Waals surface area contributed by atoms with Crippen molar-refractivity contribution in [3.05, 3.63) is 285 Å². The quantitative estimate of drug-likeness (QED) is 0.0879. The maximum Gasteiger partial charge on any atom is 0.230 e. The van der Waals surface area contributed by atoms with Gasteiger partial charge in [-0.25, -0.2) is 35.8 Å². The average molecular weight is 1630 g/mol. The first-order valence-corrected chi connectivity index (χ1v) is 40.1.